The van der Waals surface area contributed by atoms with Gasteiger partial charge in [-0.05, 0) is 36.2 Å². The molecule has 6 nitrogen and oxygen atoms in total. The Morgan fingerprint density at radius 1 is 0.909 bits per heavy atom. The van der Waals surface area contributed by atoms with Crippen LogP contribution in [-0.2, 0) is 14.0 Å². The first-order valence-corrected chi connectivity index (χ1v) is 13.3. The number of hydrogen-bond donors (Lipinski definition) is 1. The maximum atomic E-state index is 12.8. The summed E-state index contributed by atoms with van der Waals surface area (Å²) in [5.74, 6) is -1.05. The van der Waals surface area contributed by atoms with Crippen LogP contribution < -0.4 is 10.4 Å². The smallest absolute Gasteiger partial charge is 0.411 e. The van der Waals surface area contributed by atoms with Crippen molar-refractivity contribution >= 4 is 30.8 Å². The highest BCUT2D eigenvalue weighted by Gasteiger charge is 2.53. The van der Waals surface area contributed by atoms with Crippen LogP contribution in [0.3, 0.4) is 0 Å². The molecule has 1 heterocycles. The molecular formula is C26H35NO5Si. The lowest BCUT2D eigenvalue weighted by molar-refractivity contribution is -0.142. The average molecular weight is 470 g/mol. The van der Waals surface area contributed by atoms with E-state index >= 15 is 0 Å². The first-order valence-electron chi connectivity index (χ1n) is 11.4. The molecule has 1 aliphatic rings. The first-order chi connectivity index (χ1) is 15.3. The quantitative estimate of drug-likeness (QED) is 0.669. The van der Waals surface area contributed by atoms with Gasteiger partial charge in [-0.3, -0.25) is 4.90 Å². The molecule has 0 aliphatic carbocycles. The lowest BCUT2D eigenvalue weighted by Gasteiger charge is -2.44. The molecule has 33 heavy (non-hydrogen) atoms. The normalized spacial score (nSPS) is 19.4. The van der Waals surface area contributed by atoms with E-state index in [0.29, 0.717) is 0 Å². The molecule has 7 heteroatoms. The Labute approximate surface area is 197 Å². The summed E-state index contributed by atoms with van der Waals surface area (Å²) in [6, 6.07) is 19.4. The molecule has 0 aromatic heterocycles. The van der Waals surface area contributed by atoms with Crippen LogP contribution in [0.1, 0.15) is 48.0 Å². The number of carboxylic acids is 1. The molecular weight excluding hydrogens is 434 g/mol. The molecule has 178 valence electrons. The standard InChI is InChI=1S/C26H35NO5Si/c1-25(2,3)31-24(30)27-18-19(17-22(27)23(28)29)32-33(26(4,5)6,20-13-9-7-10-14-20)21-15-11-8-12-16-21/h7-16,19,22H,17-18H2,1-6H3,(H,28,29)/t19-,22-/m0/s1. The third-order valence-electron chi connectivity index (χ3n) is 5.94. The van der Waals surface area contributed by atoms with Crippen molar-refractivity contribution < 1.29 is 23.9 Å². The number of carbonyl (C=O) groups is 2. The summed E-state index contributed by atoms with van der Waals surface area (Å²) in [7, 11) is -2.86. The first kappa shape index (κ1) is 25.0. The van der Waals surface area contributed by atoms with Gasteiger partial charge in [0, 0.05) is 13.0 Å². The number of amides is 1. The Kier molecular flexibility index (Phi) is 7.05. The third-order valence-corrected chi connectivity index (χ3v) is 11.0. The zero-order valence-electron chi connectivity index (χ0n) is 20.4. The van der Waals surface area contributed by atoms with E-state index in [2.05, 4.69) is 45.0 Å². The van der Waals surface area contributed by atoms with Crippen molar-refractivity contribution in [1.29, 1.82) is 0 Å². The summed E-state index contributed by atoms with van der Waals surface area (Å²) in [6.45, 7) is 12.0. The summed E-state index contributed by atoms with van der Waals surface area (Å²) in [5, 5.41) is 11.8. The SMILES string of the molecule is CC(C)(C)OC(=O)N1C[C@@H](O[Si](c2ccccc2)(c2ccccc2)C(C)(C)C)C[C@H]1C(=O)O. The van der Waals surface area contributed by atoms with Crippen LogP contribution in [0.25, 0.3) is 0 Å². The van der Waals surface area contributed by atoms with Crippen molar-refractivity contribution in [2.75, 3.05) is 6.54 Å². The minimum absolute atomic E-state index is 0.177. The number of likely N-dealkylation sites (tertiary alicyclic amines) is 1. The van der Waals surface area contributed by atoms with Crippen LogP contribution in [0.2, 0.25) is 5.04 Å². The number of carbonyl (C=O) groups excluding carboxylic acids is 1. The van der Waals surface area contributed by atoms with Crippen molar-refractivity contribution in [2.24, 2.45) is 0 Å². The van der Waals surface area contributed by atoms with Crippen molar-refractivity contribution in [3.8, 4) is 0 Å². The number of benzene rings is 2. The fraction of sp³-hybridized carbons (Fsp3) is 0.462. The van der Waals surface area contributed by atoms with Gasteiger partial charge < -0.3 is 14.3 Å². The van der Waals surface area contributed by atoms with Crippen molar-refractivity contribution in [2.45, 2.75) is 70.7 Å². The Hall–Kier alpha value is -2.64. The highest BCUT2D eigenvalue weighted by atomic mass is 28.4. The summed E-state index contributed by atoms with van der Waals surface area (Å²) >= 11 is 0. The lowest BCUT2D eigenvalue weighted by Crippen LogP contribution is -2.67. The maximum absolute atomic E-state index is 12.8. The largest absolute Gasteiger partial charge is 0.480 e. The Morgan fingerprint density at radius 2 is 1.39 bits per heavy atom. The van der Waals surface area contributed by atoms with E-state index in [1.54, 1.807) is 20.8 Å². The monoisotopic (exact) mass is 469 g/mol. The van der Waals surface area contributed by atoms with Crippen molar-refractivity contribution in [3.05, 3.63) is 60.7 Å². The number of nitrogens with zero attached hydrogens (tertiary/aromatic N) is 1. The molecule has 0 radical (unpaired) electrons. The predicted octanol–water partition coefficient (Wildman–Crippen LogP) is 4.03. The van der Waals surface area contributed by atoms with Crippen molar-refractivity contribution in [3.63, 3.8) is 0 Å². The van der Waals surface area contributed by atoms with Crippen LogP contribution in [0.4, 0.5) is 4.79 Å². The van der Waals surface area contributed by atoms with Crippen LogP contribution in [0.5, 0.6) is 0 Å². The predicted molar refractivity (Wildman–Crippen MR) is 131 cm³/mol. The maximum Gasteiger partial charge on any atom is 0.411 e. The number of rotatable bonds is 5. The Balaban J connectivity index is 2.03. The highest BCUT2D eigenvalue weighted by molar-refractivity contribution is 6.99. The summed E-state index contributed by atoms with van der Waals surface area (Å²) < 4.78 is 12.5. The molecule has 1 N–H and O–H groups in total. The van der Waals surface area contributed by atoms with Gasteiger partial charge in [0.15, 0.2) is 0 Å². The molecule has 1 fully saturated rings. The zero-order chi connectivity index (χ0) is 24.4. The van der Waals surface area contributed by atoms with Gasteiger partial charge in [0.25, 0.3) is 8.32 Å². The highest BCUT2D eigenvalue weighted by Crippen LogP contribution is 2.39. The molecule has 1 saturated heterocycles. The number of ether oxygens (including phenoxy) is 1. The summed E-state index contributed by atoms with van der Waals surface area (Å²) in [4.78, 5) is 26.2. The van der Waals surface area contributed by atoms with Gasteiger partial charge >= 0.3 is 12.1 Å². The van der Waals surface area contributed by atoms with Crippen LogP contribution in [-0.4, -0.2) is 54.7 Å². The van der Waals surface area contributed by atoms with E-state index in [-0.39, 0.29) is 18.0 Å². The summed E-state index contributed by atoms with van der Waals surface area (Å²) in [5.41, 5.74) is -0.711. The zero-order valence-corrected chi connectivity index (χ0v) is 21.4. The van der Waals surface area contributed by atoms with Gasteiger partial charge in [-0.1, -0.05) is 81.4 Å². The van der Waals surface area contributed by atoms with Crippen LogP contribution in [0, 0.1) is 0 Å². The molecule has 0 bridgehead atoms. The van der Waals surface area contributed by atoms with Crippen molar-refractivity contribution in [1.82, 2.24) is 4.90 Å². The molecule has 2 atom stereocenters. The minimum atomic E-state index is -2.86. The van der Waals surface area contributed by atoms with E-state index in [1.807, 2.05) is 36.4 Å². The molecule has 2 aromatic rings. The Morgan fingerprint density at radius 3 is 1.79 bits per heavy atom. The van der Waals surface area contributed by atoms with Gasteiger partial charge in [-0.25, -0.2) is 9.59 Å². The molecule has 0 spiro atoms. The van der Waals surface area contributed by atoms with Gasteiger partial charge in [0.05, 0.1) is 6.10 Å². The van der Waals surface area contributed by atoms with Gasteiger partial charge in [-0.2, -0.15) is 0 Å². The second-order valence-corrected chi connectivity index (χ2v) is 14.9. The van der Waals surface area contributed by atoms with E-state index in [9.17, 15) is 14.7 Å². The summed E-state index contributed by atoms with van der Waals surface area (Å²) in [6.07, 6.45) is -0.827. The van der Waals surface area contributed by atoms with E-state index in [4.69, 9.17) is 9.16 Å². The Bertz CT molecular complexity index is 926. The van der Waals surface area contributed by atoms with Crippen LogP contribution >= 0.6 is 0 Å². The molecule has 1 amide bonds. The van der Waals surface area contributed by atoms with E-state index in [0.717, 1.165) is 10.4 Å². The van der Waals surface area contributed by atoms with E-state index in [1.165, 1.54) is 4.90 Å². The van der Waals surface area contributed by atoms with Gasteiger partial charge in [0.1, 0.15) is 11.6 Å². The van der Waals surface area contributed by atoms with E-state index < -0.39 is 38.1 Å². The van der Waals surface area contributed by atoms with Crippen LogP contribution in [0.15, 0.2) is 60.7 Å². The number of carboxylic acid groups (broad SMARTS) is 1. The van der Waals surface area contributed by atoms with Gasteiger partial charge in [-0.15, -0.1) is 0 Å². The molecule has 2 aromatic carbocycles. The molecule has 0 saturated carbocycles. The van der Waals surface area contributed by atoms with Gasteiger partial charge in [0.2, 0.25) is 0 Å². The third kappa shape index (κ3) is 5.30. The second-order valence-electron chi connectivity index (χ2n) is 10.6. The minimum Gasteiger partial charge on any atom is -0.480 e. The number of aliphatic carboxylic acids is 1. The number of hydrogen-bond acceptors (Lipinski definition) is 4. The fourth-order valence-corrected chi connectivity index (χ4v) is 9.27. The lowest BCUT2D eigenvalue weighted by atomic mass is 10.2. The fourth-order valence-electron chi connectivity index (χ4n) is 4.58. The average Bonchev–Trinajstić information content (AvgIpc) is 3.16. The topological polar surface area (TPSA) is 76.1 Å². The second kappa shape index (κ2) is 9.31. The molecule has 0 unspecified atom stereocenters. The molecule has 1 aliphatic heterocycles. The molecule has 3 rings (SSSR count).